The Hall–Kier alpha value is -3.06. The van der Waals surface area contributed by atoms with E-state index >= 15 is 0 Å². The van der Waals surface area contributed by atoms with Crippen molar-refractivity contribution in [1.82, 2.24) is 15.3 Å². The Balaban J connectivity index is 2.20. The third-order valence-corrected chi connectivity index (χ3v) is 4.69. The number of nitrogens with one attached hydrogen (secondary N) is 3. The maximum Gasteiger partial charge on any atom is 0.345 e. The average molecular weight is 355 g/mol. The van der Waals surface area contributed by atoms with E-state index < -0.39 is 22.8 Å². The summed E-state index contributed by atoms with van der Waals surface area (Å²) in [6.07, 6.45) is 0.378. The van der Waals surface area contributed by atoms with Crippen molar-refractivity contribution in [2.75, 3.05) is 7.05 Å². The average Bonchev–Trinajstić information content (AvgIpc) is 3.03. The van der Waals surface area contributed by atoms with Crippen molar-refractivity contribution >= 4 is 16.9 Å². The largest absolute Gasteiger partial charge is 0.506 e. The molecule has 0 fully saturated rings. The summed E-state index contributed by atoms with van der Waals surface area (Å²) >= 11 is 0. The highest BCUT2D eigenvalue weighted by Crippen LogP contribution is 2.32. The maximum absolute atomic E-state index is 12.1. The minimum Gasteiger partial charge on any atom is -0.506 e. The molecule has 0 amide bonds. The lowest BCUT2D eigenvalue weighted by Crippen LogP contribution is -2.20. The van der Waals surface area contributed by atoms with Crippen molar-refractivity contribution in [1.29, 1.82) is 0 Å². The number of pyridine rings is 1. The van der Waals surface area contributed by atoms with Crippen LogP contribution < -0.4 is 10.9 Å². The number of hydrogen-bond donors (Lipinski definition) is 5. The second-order valence-electron chi connectivity index (χ2n) is 6.23. The molecule has 2 aromatic heterocycles. The van der Waals surface area contributed by atoms with Gasteiger partial charge in [0.2, 0.25) is 0 Å². The summed E-state index contributed by atoms with van der Waals surface area (Å²) in [5.41, 5.74) is 2.01. The lowest BCUT2D eigenvalue weighted by Gasteiger charge is -2.12. The standard InChI is InChI=1S/C19H21N3O4/c1-4-12-16(22-18(24)15(17(12)23)19(25)26)11-6-5-10-7-13(9(2)20-3)21-14(10)8-11/h5-9,20-21H,4H2,1-3H3,(H,25,26)(H2,22,23,24). The van der Waals surface area contributed by atoms with Gasteiger partial charge in [-0.05, 0) is 37.9 Å². The summed E-state index contributed by atoms with van der Waals surface area (Å²) in [5.74, 6) is -1.93. The third-order valence-electron chi connectivity index (χ3n) is 4.69. The van der Waals surface area contributed by atoms with Crippen LogP contribution in [0.2, 0.25) is 0 Å². The highest BCUT2D eigenvalue weighted by atomic mass is 16.4. The van der Waals surface area contributed by atoms with E-state index in [1.807, 2.05) is 32.2 Å². The van der Waals surface area contributed by atoms with Crippen LogP contribution in [0.4, 0.5) is 0 Å². The van der Waals surface area contributed by atoms with Crippen LogP contribution in [0, 0.1) is 0 Å². The predicted octanol–water partition coefficient (Wildman–Crippen LogP) is 2.77. The number of rotatable bonds is 5. The lowest BCUT2D eigenvalue weighted by molar-refractivity contribution is 0.0691. The van der Waals surface area contributed by atoms with Crippen molar-refractivity contribution in [3.8, 4) is 17.0 Å². The Morgan fingerprint density at radius 3 is 2.62 bits per heavy atom. The van der Waals surface area contributed by atoms with Crippen LogP contribution in [-0.4, -0.2) is 33.2 Å². The molecule has 1 unspecified atom stereocenters. The SMILES string of the molecule is CCc1c(-c2ccc3cc(C(C)NC)[nH]c3c2)[nH]c(=O)c(C(=O)O)c1O. The number of carboxylic acids is 1. The maximum atomic E-state index is 12.1. The van der Waals surface area contributed by atoms with Gasteiger partial charge in [0.05, 0.1) is 5.69 Å². The molecular formula is C19H21N3O4. The molecule has 0 radical (unpaired) electrons. The first-order valence-corrected chi connectivity index (χ1v) is 8.39. The van der Waals surface area contributed by atoms with E-state index in [2.05, 4.69) is 21.4 Å². The van der Waals surface area contributed by atoms with E-state index in [-0.39, 0.29) is 6.04 Å². The Morgan fingerprint density at radius 1 is 1.27 bits per heavy atom. The molecule has 0 saturated heterocycles. The van der Waals surface area contributed by atoms with Crippen LogP contribution in [0.15, 0.2) is 29.1 Å². The first-order chi connectivity index (χ1) is 12.4. The van der Waals surface area contributed by atoms with Crippen LogP contribution in [0.3, 0.4) is 0 Å². The predicted molar refractivity (Wildman–Crippen MR) is 99.8 cm³/mol. The molecule has 26 heavy (non-hydrogen) atoms. The van der Waals surface area contributed by atoms with Gasteiger partial charge in [0.15, 0.2) is 5.56 Å². The zero-order chi connectivity index (χ0) is 19.0. The Bertz CT molecular complexity index is 1050. The fraction of sp³-hybridized carbons (Fsp3) is 0.263. The van der Waals surface area contributed by atoms with Crippen molar-refractivity contribution in [2.45, 2.75) is 26.3 Å². The summed E-state index contributed by atoms with van der Waals surface area (Å²) in [4.78, 5) is 29.3. The molecule has 5 N–H and O–H groups in total. The number of aromatic amines is 2. The zero-order valence-corrected chi connectivity index (χ0v) is 14.8. The second-order valence-corrected chi connectivity index (χ2v) is 6.23. The number of fused-ring (bicyclic) bond motifs is 1. The molecule has 3 rings (SSSR count). The number of aromatic hydroxyl groups is 1. The molecule has 0 aliphatic rings. The van der Waals surface area contributed by atoms with Crippen molar-refractivity contribution in [2.24, 2.45) is 0 Å². The minimum atomic E-state index is -1.45. The Morgan fingerprint density at radius 2 is 2.00 bits per heavy atom. The first kappa shape index (κ1) is 17.8. The van der Waals surface area contributed by atoms with Gasteiger partial charge in [-0.25, -0.2) is 4.79 Å². The van der Waals surface area contributed by atoms with Crippen LogP contribution in [0.25, 0.3) is 22.2 Å². The lowest BCUT2D eigenvalue weighted by atomic mass is 10.00. The zero-order valence-electron chi connectivity index (χ0n) is 14.8. The van der Waals surface area contributed by atoms with Gasteiger partial charge < -0.3 is 25.5 Å². The van der Waals surface area contributed by atoms with E-state index in [1.165, 1.54) is 0 Å². The summed E-state index contributed by atoms with van der Waals surface area (Å²) in [6.45, 7) is 3.84. The van der Waals surface area contributed by atoms with Crippen LogP contribution in [-0.2, 0) is 6.42 Å². The monoisotopic (exact) mass is 355 g/mol. The number of H-pyrrole nitrogens is 2. The quantitative estimate of drug-likeness (QED) is 0.482. The highest BCUT2D eigenvalue weighted by Gasteiger charge is 2.22. The van der Waals surface area contributed by atoms with Gasteiger partial charge in [-0.1, -0.05) is 19.1 Å². The van der Waals surface area contributed by atoms with Crippen LogP contribution >= 0.6 is 0 Å². The normalized spacial score (nSPS) is 12.4. The summed E-state index contributed by atoms with van der Waals surface area (Å²) in [6, 6.07) is 7.86. The fourth-order valence-electron chi connectivity index (χ4n) is 3.11. The smallest absolute Gasteiger partial charge is 0.345 e. The summed E-state index contributed by atoms with van der Waals surface area (Å²) in [5, 5.41) is 23.6. The van der Waals surface area contributed by atoms with Crippen LogP contribution in [0.5, 0.6) is 5.75 Å². The van der Waals surface area contributed by atoms with Gasteiger partial charge >= 0.3 is 5.97 Å². The molecule has 0 bridgehead atoms. The molecule has 136 valence electrons. The number of aromatic carboxylic acids is 1. The molecule has 0 aliphatic heterocycles. The Kier molecular flexibility index (Phi) is 4.56. The highest BCUT2D eigenvalue weighted by molar-refractivity contribution is 5.92. The van der Waals surface area contributed by atoms with Crippen LogP contribution in [0.1, 0.15) is 41.5 Å². The van der Waals surface area contributed by atoms with Gasteiger partial charge in [0.1, 0.15) is 5.75 Å². The van der Waals surface area contributed by atoms with Gasteiger partial charge in [0, 0.05) is 28.4 Å². The second kappa shape index (κ2) is 6.68. The molecule has 1 aromatic carbocycles. The number of carboxylic acid groups (broad SMARTS) is 1. The van der Waals surface area contributed by atoms with Gasteiger partial charge in [0.25, 0.3) is 5.56 Å². The van der Waals surface area contributed by atoms with E-state index in [0.717, 1.165) is 16.6 Å². The number of aromatic nitrogens is 2. The molecule has 3 aromatic rings. The molecule has 7 nitrogen and oxygen atoms in total. The molecule has 0 saturated carbocycles. The minimum absolute atomic E-state index is 0.163. The van der Waals surface area contributed by atoms with E-state index in [0.29, 0.717) is 23.2 Å². The third kappa shape index (κ3) is 2.86. The van der Waals surface area contributed by atoms with Crippen molar-refractivity contribution in [3.63, 3.8) is 0 Å². The van der Waals surface area contributed by atoms with E-state index in [1.54, 1.807) is 6.92 Å². The molecule has 7 heteroatoms. The number of carbonyl (C=O) groups is 1. The molecule has 0 aliphatic carbocycles. The number of hydrogen-bond acceptors (Lipinski definition) is 4. The first-order valence-electron chi connectivity index (χ1n) is 8.39. The van der Waals surface area contributed by atoms with E-state index in [9.17, 15) is 14.7 Å². The molecule has 1 atom stereocenters. The Labute approximate surface area is 149 Å². The molecule has 0 spiro atoms. The van der Waals surface area contributed by atoms with Gasteiger partial charge in [-0.3, -0.25) is 4.79 Å². The van der Waals surface area contributed by atoms with Crippen molar-refractivity contribution in [3.05, 3.63) is 51.4 Å². The van der Waals surface area contributed by atoms with Gasteiger partial charge in [-0.2, -0.15) is 0 Å². The molecular weight excluding hydrogens is 334 g/mol. The summed E-state index contributed by atoms with van der Waals surface area (Å²) < 4.78 is 0. The number of benzene rings is 1. The van der Waals surface area contributed by atoms with Gasteiger partial charge in [-0.15, -0.1) is 0 Å². The summed E-state index contributed by atoms with van der Waals surface area (Å²) in [7, 11) is 1.88. The topological polar surface area (TPSA) is 118 Å². The van der Waals surface area contributed by atoms with E-state index in [4.69, 9.17) is 5.11 Å². The molecule has 2 heterocycles. The van der Waals surface area contributed by atoms with Crippen molar-refractivity contribution < 1.29 is 15.0 Å². The fourth-order valence-corrected chi connectivity index (χ4v) is 3.11.